The summed E-state index contributed by atoms with van der Waals surface area (Å²) in [7, 11) is 0. The lowest BCUT2D eigenvalue weighted by Gasteiger charge is -2.42. The summed E-state index contributed by atoms with van der Waals surface area (Å²) < 4.78 is 138. The normalized spacial score (nSPS) is 16.7. The van der Waals surface area contributed by atoms with E-state index in [-0.39, 0.29) is 69.5 Å². The van der Waals surface area contributed by atoms with Gasteiger partial charge in [-0.2, -0.15) is 0 Å². The summed E-state index contributed by atoms with van der Waals surface area (Å²) in [5.41, 5.74) is -10.2. The van der Waals surface area contributed by atoms with E-state index < -0.39 is 56.7 Å². The van der Waals surface area contributed by atoms with E-state index in [0.29, 0.717) is 75.0 Å². The summed E-state index contributed by atoms with van der Waals surface area (Å²) in [6, 6.07) is 0. The minimum absolute atomic E-state index is 0.0994. The minimum atomic E-state index is -1.05. The van der Waals surface area contributed by atoms with Gasteiger partial charge in [0.2, 0.25) is 0 Å². The van der Waals surface area contributed by atoms with Gasteiger partial charge in [0.1, 0.15) is 56.7 Å². The van der Waals surface area contributed by atoms with Crippen LogP contribution < -0.4 is 0 Å². The smallest absolute Gasteiger partial charge is 0.115 e. The van der Waals surface area contributed by atoms with Crippen LogP contribution in [0.15, 0.2) is 0 Å². The van der Waals surface area contributed by atoms with Gasteiger partial charge in [-0.05, 0) is 236 Å². The monoisotopic (exact) mass is 1600 g/mol. The summed E-state index contributed by atoms with van der Waals surface area (Å²) in [6.45, 7) is 96.6. The fourth-order valence-electron chi connectivity index (χ4n) is 16.7. The average molecular weight is 1600 g/mol. The lowest BCUT2D eigenvalue weighted by molar-refractivity contribution is -0.0267. The van der Waals surface area contributed by atoms with Gasteiger partial charge in [-0.1, -0.05) is 341 Å². The van der Waals surface area contributed by atoms with E-state index in [1.54, 1.807) is 69.2 Å². The molecule has 0 aromatic rings. The van der Waals surface area contributed by atoms with Gasteiger partial charge in [0.05, 0.1) is 0 Å². The SMILES string of the molecule is CC(C)C(C)(F)C(C)C.CCC(C)(CC)[C@@](C)(F)C(C)C.CCC(C)(CC)[C@@](C)(F)CC.CCC(CC)[C@@](C)(F)C(C)C.CCC(CC)[C@@](C)(F)CC.CCCC(C)(F)CCC.CCC[C@](C)(F)C(C(C)C)C(C)C.CCC[C@](C)(F)C(C)(CC)CC.CCC[C@](C)(F)C(CC)CC.CC[C@](C)(F)C(C(C)C)C(C)C. The Morgan fingerprint density at radius 1 is 0.209 bits per heavy atom. The average Bonchev–Trinajstić information content (AvgIpc) is 0.813. The predicted molar refractivity (Wildman–Crippen MR) is 485 cm³/mol. The summed E-state index contributed by atoms with van der Waals surface area (Å²) >= 11 is 0. The van der Waals surface area contributed by atoms with Crippen molar-refractivity contribution in [3.8, 4) is 0 Å². The Morgan fingerprint density at radius 3 is 0.591 bits per heavy atom. The molecule has 680 valence electrons. The Morgan fingerprint density at radius 2 is 0.445 bits per heavy atom. The third-order valence-electron chi connectivity index (χ3n) is 28.4. The topological polar surface area (TPSA) is 0 Å². The zero-order valence-electron chi connectivity index (χ0n) is 84.5. The van der Waals surface area contributed by atoms with E-state index in [9.17, 15) is 43.9 Å². The number of hydrogen-bond acceptors (Lipinski definition) is 0. The molecule has 0 aliphatic rings. The highest BCUT2D eigenvalue weighted by atomic mass is 19.2. The molecule has 0 saturated heterocycles. The first kappa shape index (κ1) is 130. The van der Waals surface area contributed by atoms with E-state index in [0.717, 1.165) is 109 Å². The van der Waals surface area contributed by atoms with E-state index >= 15 is 0 Å². The Bertz CT molecular complexity index is 1950. The van der Waals surface area contributed by atoms with E-state index in [2.05, 4.69) is 152 Å². The van der Waals surface area contributed by atoms with Gasteiger partial charge >= 0.3 is 0 Å². The van der Waals surface area contributed by atoms with Crippen molar-refractivity contribution in [1.29, 1.82) is 0 Å². The highest BCUT2D eigenvalue weighted by molar-refractivity contribution is 4.95. The van der Waals surface area contributed by atoms with Crippen molar-refractivity contribution >= 4 is 0 Å². The van der Waals surface area contributed by atoms with Crippen molar-refractivity contribution in [1.82, 2.24) is 0 Å². The number of alkyl halides is 10. The van der Waals surface area contributed by atoms with Gasteiger partial charge in [-0.25, -0.2) is 43.9 Å². The quantitative estimate of drug-likeness (QED) is 0.0535. The van der Waals surface area contributed by atoms with Crippen LogP contribution in [0.1, 0.15) is 500 Å². The van der Waals surface area contributed by atoms with E-state index in [4.69, 9.17) is 0 Å². The molecule has 0 saturated carbocycles. The van der Waals surface area contributed by atoms with Crippen molar-refractivity contribution in [2.45, 2.75) is 556 Å². The maximum absolute atomic E-state index is 14.3. The molecule has 110 heavy (non-hydrogen) atoms. The van der Waals surface area contributed by atoms with Crippen LogP contribution in [-0.4, -0.2) is 56.7 Å². The molecule has 8 atom stereocenters. The molecule has 0 fully saturated rings. The number of hydrogen-bond donors (Lipinski definition) is 0. The Kier molecular flexibility index (Phi) is 73.8. The molecule has 0 aromatic heterocycles. The predicted octanol–water partition coefficient (Wildman–Crippen LogP) is 38.6. The highest BCUT2D eigenvalue weighted by Gasteiger charge is 2.46. The summed E-state index contributed by atoms with van der Waals surface area (Å²) in [5, 5.41) is 0. The number of rotatable bonds is 41. The van der Waals surface area contributed by atoms with Crippen molar-refractivity contribution < 1.29 is 43.9 Å². The van der Waals surface area contributed by atoms with Crippen LogP contribution in [0.3, 0.4) is 0 Å². The standard InChI is InChI=1S/C12H25F.3C11H23F.3C10H21F.C9H19F.2C8H17F/c1-7-8-12(6,13)11(9(2)3)10(4)5;1-7-10(5,8-2)11(6,12)9(3)4;1-7-11(6,12)10(8(2)3)9(4)5;1-6-9-11(5,12)10(4,7-2)8-3;1-6-9(4,7-2)10(5,11)8-3;1-6-9(7-2)10(5,11)8(3)4;1-5-8-10(4,11)9(6-2)7-3;1-5-8(6-2)9(4,10)7-3;1-6(2)8(5,9)7(3)4;1-4-6-8(3,9)7-5-2/h9-11H,7-8H2,1-6H3;9H,7-8H2,1-6H3;8-10H,7H2,1-6H3;6-9H2,1-5H3;6-8H2,1-5H3;8-9H,6-7H2,1-5H3;9H,5-8H2,1-4H3;8H,5-7H2,1-4H3;6-7H,1-5H3;4-7H2,1-3H3/t12-;3*11-;3*10-;9-;;/m00000000../s1. The molecule has 0 bridgehead atoms. The van der Waals surface area contributed by atoms with Crippen LogP contribution in [0, 0.1) is 93.2 Å². The van der Waals surface area contributed by atoms with Gasteiger partial charge in [-0.3, -0.25) is 0 Å². The van der Waals surface area contributed by atoms with Crippen LogP contribution in [0.4, 0.5) is 43.9 Å². The zero-order valence-corrected chi connectivity index (χ0v) is 84.5. The Hall–Kier alpha value is -0.700. The highest BCUT2D eigenvalue weighted by Crippen LogP contribution is 2.47. The fraction of sp³-hybridized carbons (Fsp3) is 1.00. The third kappa shape index (κ3) is 50.3. The second-order valence-electron chi connectivity index (χ2n) is 39.1. The first-order chi connectivity index (χ1) is 49.5. The van der Waals surface area contributed by atoms with Crippen LogP contribution >= 0.6 is 0 Å². The van der Waals surface area contributed by atoms with Crippen LogP contribution in [0.2, 0.25) is 0 Å². The molecule has 0 heterocycles. The molecule has 0 unspecified atom stereocenters. The molecule has 0 amide bonds. The van der Waals surface area contributed by atoms with Crippen molar-refractivity contribution in [3.05, 3.63) is 0 Å². The van der Waals surface area contributed by atoms with Gasteiger partial charge < -0.3 is 0 Å². The maximum atomic E-state index is 14.3. The minimum Gasteiger partial charge on any atom is -0.244 e. The third-order valence-corrected chi connectivity index (χ3v) is 28.4. The Balaban J connectivity index is -0.000000126. The molecule has 0 aromatic carbocycles. The van der Waals surface area contributed by atoms with Gasteiger partial charge in [0.15, 0.2) is 0 Å². The molecule has 0 N–H and O–H groups in total. The molecule has 0 aliphatic carbocycles. The molecular formula is C100H210F10. The van der Waals surface area contributed by atoms with Crippen LogP contribution in [0.25, 0.3) is 0 Å². The zero-order chi connectivity index (χ0) is 90.7. The molecule has 0 radical (unpaired) electrons. The summed E-state index contributed by atoms with van der Waals surface area (Å²) in [4.78, 5) is 0. The molecular weight excluding hydrogens is 1390 g/mol. The van der Waals surface area contributed by atoms with Crippen LogP contribution in [-0.2, 0) is 0 Å². The van der Waals surface area contributed by atoms with Crippen molar-refractivity contribution in [3.63, 3.8) is 0 Å². The molecule has 0 aliphatic heterocycles. The van der Waals surface area contributed by atoms with Gasteiger partial charge in [0, 0.05) is 16.2 Å². The van der Waals surface area contributed by atoms with Crippen LogP contribution in [0.5, 0.6) is 0 Å². The first-order valence-corrected chi connectivity index (χ1v) is 46.4. The largest absolute Gasteiger partial charge is 0.244 e. The van der Waals surface area contributed by atoms with Gasteiger partial charge in [-0.15, -0.1) is 0 Å². The first-order valence-electron chi connectivity index (χ1n) is 46.4. The molecule has 10 heteroatoms. The lowest BCUT2D eigenvalue weighted by atomic mass is 9.67. The Labute approximate surface area is 690 Å². The number of halogens is 10. The van der Waals surface area contributed by atoms with Gasteiger partial charge in [0.25, 0.3) is 0 Å². The molecule has 0 spiro atoms. The molecule has 0 nitrogen and oxygen atoms in total. The second kappa shape index (κ2) is 62.5. The summed E-state index contributed by atoms with van der Waals surface area (Å²) in [5.74, 6) is 3.30. The molecule has 0 rings (SSSR count). The second-order valence-corrected chi connectivity index (χ2v) is 39.1. The van der Waals surface area contributed by atoms with E-state index in [1.807, 2.05) is 118 Å². The van der Waals surface area contributed by atoms with Crippen molar-refractivity contribution in [2.75, 3.05) is 0 Å². The summed E-state index contributed by atoms with van der Waals surface area (Å²) in [6.07, 6.45) is 21.3. The fourth-order valence-corrected chi connectivity index (χ4v) is 16.7. The maximum Gasteiger partial charge on any atom is 0.115 e. The van der Waals surface area contributed by atoms with E-state index in [1.165, 1.54) is 0 Å². The lowest BCUT2D eigenvalue weighted by Crippen LogP contribution is -2.43. The van der Waals surface area contributed by atoms with Crippen molar-refractivity contribution in [2.24, 2.45) is 93.2 Å².